The predicted octanol–water partition coefficient (Wildman–Crippen LogP) is 2.52. The maximum absolute atomic E-state index is 9.62. The van der Waals surface area contributed by atoms with Crippen LogP contribution < -0.4 is 5.32 Å². The average molecular weight is 221 g/mol. The van der Waals surface area contributed by atoms with Crippen LogP contribution in [0.5, 0.6) is 11.5 Å². The van der Waals surface area contributed by atoms with Gasteiger partial charge in [0.1, 0.15) is 11.5 Å². The highest BCUT2D eigenvalue weighted by Gasteiger charge is 2.13. The lowest BCUT2D eigenvalue weighted by Crippen LogP contribution is -2.30. The Balaban J connectivity index is 1.88. The Bertz CT molecular complexity index is 346. The van der Waals surface area contributed by atoms with Gasteiger partial charge in [-0.05, 0) is 18.9 Å². The Morgan fingerprint density at radius 1 is 1.12 bits per heavy atom. The van der Waals surface area contributed by atoms with Gasteiger partial charge in [0.05, 0.1) is 0 Å². The lowest BCUT2D eigenvalue weighted by Gasteiger charge is -2.23. The monoisotopic (exact) mass is 221 g/mol. The molecule has 0 aliphatic heterocycles. The molecular formula is C13H19NO2. The lowest BCUT2D eigenvalue weighted by atomic mass is 9.95. The molecule has 1 aliphatic rings. The van der Waals surface area contributed by atoms with E-state index in [-0.39, 0.29) is 11.5 Å². The number of phenolic OH excluding ortho intramolecular Hbond substituents is 2. The van der Waals surface area contributed by atoms with Gasteiger partial charge in [0.15, 0.2) is 0 Å². The number of hydrogen-bond acceptors (Lipinski definition) is 3. The van der Waals surface area contributed by atoms with Gasteiger partial charge in [-0.3, -0.25) is 0 Å². The molecule has 3 heteroatoms. The smallest absolute Gasteiger partial charge is 0.123 e. The van der Waals surface area contributed by atoms with E-state index in [0.29, 0.717) is 12.6 Å². The zero-order chi connectivity index (χ0) is 11.4. The van der Waals surface area contributed by atoms with Gasteiger partial charge in [-0.2, -0.15) is 0 Å². The number of benzene rings is 1. The topological polar surface area (TPSA) is 52.5 Å². The molecule has 1 saturated carbocycles. The van der Waals surface area contributed by atoms with E-state index in [4.69, 9.17) is 0 Å². The second-order valence-corrected chi connectivity index (χ2v) is 4.53. The molecule has 2 rings (SSSR count). The summed E-state index contributed by atoms with van der Waals surface area (Å²) in [6.07, 6.45) is 6.43. The van der Waals surface area contributed by atoms with Crippen molar-refractivity contribution in [2.45, 2.75) is 44.7 Å². The Morgan fingerprint density at radius 2 is 1.88 bits per heavy atom. The van der Waals surface area contributed by atoms with E-state index >= 15 is 0 Å². The molecule has 0 radical (unpaired) electrons. The molecule has 0 heterocycles. The first-order chi connectivity index (χ1) is 7.75. The maximum atomic E-state index is 9.62. The zero-order valence-electron chi connectivity index (χ0n) is 9.45. The van der Waals surface area contributed by atoms with E-state index in [1.807, 2.05) is 0 Å². The lowest BCUT2D eigenvalue weighted by molar-refractivity contribution is 0.368. The molecule has 16 heavy (non-hydrogen) atoms. The van der Waals surface area contributed by atoms with Crippen molar-refractivity contribution in [2.75, 3.05) is 0 Å². The van der Waals surface area contributed by atoms with Crippen LogP contribution in [-0.2, 0) is 6.54 Å². The maximum Gasteiger partial charge on any atom is 0.123 e. The van der Waals surface area contributed by atoms with E-state index in [2.05, 4.69) is 5.32 Å². The standard InChI is InChI=1S/C13H19NO2/c15-12-7-6-10(13(16)8-12)9-14-11-4-2-1-3-5-11/h6-8,11,14-16H,1-5,9H2. The van der Waals surface area contributed by atoms with Gasteiger partial charge in [0, 0.05) is 24.2 Å². The number of aromatic hydroxyl groups is 2. The van der Waals surface area contributed by atoms with Crippen molar-refractivity contribution in [1.29, 1.82) is 0 Å². The SMILES string of the molecule is Oc1ccc(CNC2CCCCC2)c(O)c1. The molecular weight excluding hydrogens is 202 g/mol. The highest BCUT2D eigenvalue weighted by atomic mass is 16.3. The van der Waals surface area contributed by atoms with Crippen LogP contribution in [0.1, 0.15) is 37.7 Å². The van der Waals surface area contributed by atoms with Crippen LogP contribution in [0.3, 0.4) is 0 Å². The van der Waals surface area contributed by atoms with Gasteiger partial charge in [-0.15, -0.1) is 0 Å². The zero-order valence-corrected chi connectivity index (χ0v) is 9.45. The fraction of sp³-hybridized carbons (Fsp3) is 0.538. The van der Waals surface area contributed by atoms with E-state index in [9.17, 15) is 10.2 Å². The van der Waals surface area contributed by atoms with Crippen LogP contribution in [0, 0.1) is 0 Å². The Hall–Kier alpha value is -1.22. The first kappa shape index (κ1) is 11.3. The Morgan fingerprint density at radius 3 is 2.56 bits per heavy atom. The molecule has 1 aromatic rings. The molecule has 0 saturated heterocycles. The summed E-state index contributed by atoms with van der Waals surface area (Å²) in [6, 6.07) is 5.35. The molecule has 0 amide bonds. The number of phenols is 2. The van der Waals surface area contributed by atoms with Gasteiger partial charge in [0.2, 0.25) is 0 Å². The van der Waals surface area contributed by atoms with Crippen LogP contribution in [-0.4, -0.2) is 16.3 Å². The molecule has 0 aromatic heterocycles. The highest BCUT2D eigenvalue weighted by Crippen LogP contribution is 2.23. The van der Waals surface area contributed by atoms with Crippen molar-refractivity contribution in [3.8, 4) is 11.5 Å². The molecule has 88 valence electrons. The van der Waals surface area contributed by atoms with Crippen LogP contribution >= 0.6 is 0 Å². The minimum atomic E-state index is 0.110. The summed E-state index contributed by atoms with van der Waals surface area (Å²) in [5, 5.41) is 22.3. The molecule has 0 unspecified atom stereocenters. The molecule has 1 aromatic carbocycles. The largest absolute Gasteiger partial charge is 0.508 e. The average Bonchev–Trinajstić information content (AvgIpc) is 2.29. The summed E-state index contributed by atoms with van der Waals surface area (Å²) >= 11 is 0. The summed E-state index contributed by atoms with van der Waals surface area (Å²) in [7, 11) is 0. The Labute approximate surface area is 96.1 Å². The summed E-state index contributed by atoms with van der Waals surface area (Å²) < 4.78 is 0. The minimum absolute atomic E-state index is 0.110. The van der Waals surface area contributed by atoms with Crippen molar-refractivity contribution in [1.82, 2.24) is 5.32 Å². The van der Waals surface area contributed by atoms with Crippen molar-refractivity contribution in [3.05, 3.63) is 23.8 Å². The Kier molecular flexibility index (Phi) is 3.67. The minimum Gasteiger partial charge on any atom is -0.508 e. The fourth-order valence-corrected chi connectivity index (χ4v) is 2.26. The molecule has 1 fully saturated rings. The summed E-state index contributed by atoms with van der Waals surface area (Å²) in [4.78, 5) is 0. The van der Waals surface area contributed by atoms with Crippen LogP contribution in [0.2, 0.25) is 0 Å². The number of nitrogens with one attached hydrogen (secondary N) is 1. The van der Waals surface area contributed by atoms with Crippen molar-refractivity contribution >= 4 is 0 Å². The third-order valence-corrected chi connectivity index (χ3v) is 3.26. The predicted molar refractivity (Wildman–Crippen MR) is 63.5 cm³/mol. The highest BCUT2D eigenvalue weighted by molar-refractivity contribution is 5.38. The normalized spacial score (nSPS) is 17.5. The van der Waals surface area contributed by atoms with Crippen LogP contribution in [0.25, 0.3) is 0 Å². The molecule has 1 aliphatic carbocycles. The first-order valence-corrected chi connectivity index (χ1v) is 6.00. The van der Waals surface area contributed by atoms with Gasteiger partial charge in [0.25, 0.3) is 0 Å². The summed E-state index contributed by atoms with van der Waals surface area (Å²) in [5.74, 6) is 0.280. The first-order valence-electron chi connectivity index (χ1n) is 6.00. The van der Waals surface area contributed by atoms with Crippen molar-refractivity contribution in [3.63, 3.8) is 0 Å². The van der Waals surface area contributed by atoms with Crippen molar-refractivity contribution in [2.24, 2.45) is 0 Å². The molecule has 0 bridgehead atoms. The molecule has 0 atom stereocenters. The second-order valence-electron chi connectivity index (χ2n) is 4.53. The number of rotatable bonds is 3. The van der Waals surface area contributed by atoms with Crippen LogP contribution in [0.15, 0.2) is 18.2 Å². The van der Waals surface area contributed by atoms with E-state index in [0.717, 1.165) is 5.56 Å². The van der Waals surface area contributed by atoms with Crippen LogP contribution in [0.4, 0.5) is 0 Å². The van der Waals surface area contributed by atoms with Gasteiger partial charge >= 0.3 is 0 Å². The third-order valence-electron chi connectivity index (χ3n) is 3.26. The molecule has 3 nitrogen and oxygen atoms in total. The quantitative estimate of drug-likeness (QED) is 0.735. The summed E-state index contributed by atoms with van der Waals surface area (Å²) in [6.45, 7) is 0.677. The van der Waals surface area contributed by atoms with Crippen molar-refractivity contribution < 1.29 is 10.2 Å². The van der Waals surface area contributed by atoms with Gasteiger partial charge in [-0.25, -0.2) is 0 Å². The molecule has 0 spiro atoms. The number of hydrogen-bond donors (Lipinski definition) is 3. The summed E-state index contributed by atoms with van der Waals surface area (Å²) in [5.41, 5.74) is 0.850. The van der Waals surface area contributed by atoms with E-state index < -0.39 is 0 Å². The van der Waals surface area contributed by atoms with Gasteiger partial charge < -0.3 is 15.5 Å². The van der Waals surface area contributed by atoms with E-state index in [1.54, 1.807) is 12.1 Å². The second kappa shape index (κ2) is 5.21. The third kappa shape index (κ3) is 2.89. The van der Waals surface area contributed by atoms with E-state index in [1.165, 1.54) is 38.2 Å². The fourth-order valence-electron chi connectivity index (χ4n) is 2.26. The molecule has 3 N–H and O–H groups in total. The van der Waals surface area contributed by atoms with Gasteiger partial charge in [-0.1, -0.05) is 25.3 Å².